The van der Waals surface area contributed by atoms with Gasteiger partial charge in [0.1, 0.15) is 4.32 Å². The lowest BCUT2D eigenvalue weighted by atomic mass is 10.1. The molecule has 2 aromatic carbocycles. The molecule has 138 valence electrons. The highest BCUT2D eigenvalue weighted by molar-refractivity contribution is 8.26. The molecule has 27 heavy (non-hydrogen) atoms. The SMILES string of the molecule is Cc1ccccc1/C=C1\SC(=S)N(CCC(=O)Nc2ccccc2C)C1=O. The van der Waals surface area contributed by atoms with E-state index in [1.54, 1.807) is 0 Å². The van der Waals surface area contributed by atoms with Crippen molar-refractivity contribution in [2.45, 2.75) is 20.3 Å². The number of benzene rings is 2. The molecule has 0 saturated carbocycles. The molecule has 1 saturated heterocycles. The van der Waals surface area contributed by atoms with Gasteiger partial charge in [0.25, 0.3) is 5.91 Å². The van der Waals surface area contributed by atoms with Crippen LogP contribution in [0.15, 0.2) is 53.4 Å². The third-order valence-electron chi connectivity index (χ3n) is 4.33. The van der Waals surface area contributed by atoms with Crippen LogP contribution < -0.4 is 5.32 Å². The van der Waals surface area contributed by atoms with Crippen molar-refractivity contribution in [2.75, 3.05) is 11.9 Å². The van der Waals surface area contributed by atoms with E-state index in [0.717, 1.165) is 22.4 Å². The summed E-state index contributed by atoms with van der Waals surface area (Å²) < 4.78 is 0.489. The molecule has 1 aliphatic rings. The quantitative estimate of drug-likeness (QED) is 0.596. The highest BCUT2D eigenvalue weighted by Crippen LogP contribution is 2.33. The summed E-state index contributed by atoms with van der Waals surface area (Å²) in [4.78, 5) is 27.0. The van der Waals surface area contributed by atoms with Gasteiger partial charge in [0.05, 0.1) is 4.91 Å². The van der Waals surface area contributed by atoms with Gasteiger partial charge in [0.15, 0.2) is 0 Å². The second-order valence-corrected chi connectivity index (χ2v) is 7.98. The van der Waals surface area contributed by atoms with Gasteiger partial charge in [-0.05, 0) is 42.7 Å². The highest BCUT2D eigenvalue weighted by atomic mass is 32.2. The Morgan fingerprint density at radius 1 is 1.11 bits per heavy atom. The number of nitrogens with one attached hydrogen (secondary N) is 1. The Balaban J connectivity index is 1.63. The normalized spacial score (nSPS) is 15.5. The second-order valence-electron chi connectivity index (χ2n) is 6.30. The summed E-state index contributed by atoms with van der Waals surface area (Å²) in [6.45, 7) is 4.21. The molecule has 2 amide bonds. The van der Waals surface area contributed by atoms with Gasteiger partial charge in [-0.3, -0.25) is 14.5 Å². The summed E-state index contributed by atoms with van der Waals surface area (Å²) in [5.74, 6) is -0.279. The molecule has 1 aliphatic heterocycles. The summed E-state index contributed by atoms with van der Waals surface area (Å²) in [5.41, 5.74) is 3.88. The topological polar surface area (TPSA) is 49.4 Å². The average Bonchev–Trinajstić information content (AvgIpc) is 2.90. The fraction of sp³-hybridized carbons (Fsp3) is 0.190. The average molecular weight is 397 g/mol. The zero-order valence-corrected chi connectivity index (χ0v) is 16.8. The summed E-state index contributed by atoms with van der Waals surface area (Å²) in [6.07, 6.45) is 2.06. The van der Waals surface area contributed by atoms with Crippen LogP contribution in [0.25, 0.3) is 6.08 Å². The predicted molar refractivity (Wildman–Crippen MR) is 115 cm³/mol. The minimum absolute atomic E-state index is 0.138. The summed E-state index contributed by atoms with van der Waals surface area (Å²) in [6, 6.07) is 15.5. The van der Waals surface area contributed by atoms with E-state index in [9.17, 15) is 9.59 Å². The minimum Gasteiger partial charge on any atom is -0.326 e. The maximum Gasteiger partial charge on any atom is 0.266 e. The Kier molecular flexibility index (Phi) is 6.08. The standard InChI is InChI=1S/C21H20N2O2S2/c1-14-7-3-5-9-16(14)13-18-20(25)23(21(26)27-18)12-11-19(24)22-17-10-6-4-8-15(17)2/h3-10,13H,11-12H2,1-2H3,(H,22,24)/b18-13-. The number of aryl methyl sites for hydroxylation is 2. The highest BCUT2D eigenvalue weighted by Gasteiger charge is 2.32. The summed E-state index contributed by atoms with van der Waals surface area (Å²) in [5, 5.41) is 2.88. The van der Waals surface area contributed by atoms with Crippen LogP contribution in [-0.4, -0.2) is 27.6 Å². The number of nitrogens with zero attached hydrogens (tertiary/aromatic N) is 1. The predicted octanol–water partition coefficient (Wildman–Crippen LogP) is 4.53. The van der Waals surface area contributed by atoms with Crippen LogP contribution >= 0.6 is 24.0 Å². The molecule has 0 atom stereocenters. The molecular weight excluding hydrogens is 376 g/mol. The zero-order chi connectivity index (χ0) is 19.4. The van der Waals surface area contributed by atoms with Crippen molar-refractivity contribution in [3.05, 3.63) is 70.1 Å². The Labute approximate surface area is 168 Å². The largest absolute Gasteiger partial charge is 0.326 e. The van der Waals surface area contributed by atoms with Crippen LogP contribution in [0, 0.1) is 13.8 Å². The van der Waals surface area contributed by atoms with Gasteiger partial charge in [0, 0.05) is 18.7 Å². The number of amides is 2. The molecule has 0 unspecified atom stereocenters. The third-order valence-corrected chi connectivity index (χ3v) is 5.71. The summed E-state index contributed by atoms with van der Waals surface area (Å²) >= 11 is 6.62. The fourth-order valence-corrected chi connectivity index (χ4v) is 4.02. The molecule has 1 N–H and O–H groups in total. The molecule has 0 aromatic heterocycles. The van der Waals surface area contributed by atoms with E-state index in [1.807, 2.05) is 68.5 Å². The van der Waals surface area contributed by atoms with Crippen LogP contribution in [0.1, 0.15) is 23.1 Å². The lowest BCUT2D eigenvalue weighted by Gasteiger charge is -2.14. The molecule has 0 spiro atoms. The van der Waals surface area contributed by atoms with E-state index in [2.05, 4.69) is 5.32 Å². The van der Waals surface area contributed by atoms with Gasteiger partial charge in [-0.1, -0.05) is 66.4 Å². The minimum atomic E-state index is -0.142. The first kappa shape index (κ1) is 19.3. The van der Waals surface area contributed by atoms with Gasteiger partial charge in [-0.25, -0.2) is 0 Å². The third kappa shape index (κ3) is 4.64. The van der Waals surface area contributed by atoms with Crippen LogP contribution in [0.4, 0.5) is 5.69 Å². The van der Waals surface area contributed by atoms with Crippen LogP contribution in [0.2, 0.25) is 0 Å². The number of thioether (sulfide) groups is 1. The van der Waals surface area contributed by atoms with Gasteiger partial charge < -0.3 is 5.32 Å². The van der Waals surface area contributed by atoms with Crippen molar-refractivity contribution < 1.29 is 9.59 Å². The Morgan fingerprint density at radius 3 is 2.48 bits per heavy atom. The van der Waals surface area contributed by atoms with Gasteiger partial charge in [0.2, 0.25) is 5.91 Å². The Bertz CT molecular complexity index is 937. The first-order valence-electron chi connectivity index (χ1n) is 8.62. The molecule has 0 aliphatic carbocycles. The van der Waals surface area contributed by atoms with Crippen LogP contribution in [0.3, 0.4) is 0 Å². The van der Waals surface area contributed by atoms with Crippen molar-refractivity contribution in [2.24, 2.45) is 0 Å². The molecule has 0 bridgehead atoms. The maximum absolute atomic E-state index is 12.7. The van der Waals surface area contributed by atoms with Crippen molar-refractivity contribution in [3.8, 4) is 0 Å². The van der Waals surface area contributed by atoms with Gasteiger partial charge >= 0.3 is 0 Å². The number of anilines is 1. The van der Waals surface area contributed by atoms with Crippen molar-refractivity contribution in [3.63, 3.8) is 0 Å². The van der Waals surface area contributed by atoms with Crippen LogP contribution in [0.5, 0.6) is 0 Å². The van der Waals surface area contributed by atoms with E-state index in [0.29, 0.717) is 9.23 Å². The number of carbonyl (C=O) groups is 2. The monoisotopic (exact) mass is 396 g/mol. The molecule has 1 heterocycles. The van der Waals surface area contributed by atoms with E-state index >= 15 is 0 Å². The molecule has 6 heteroatoms. The van der Waals surface area contributed by atoms with E-state index in [1.165, 1.54) is 16.7 Å². The first-order valence-corrected chi connectivity index (χ1v) is 9.84. The molecule has 4 nitrogen and oxygen atoms in total. The molecular formula is C21H20N2O2S2. The van der Waals surface area contributed by atoms with E-state index < -0.39 is 0 Å². The van der Waals surface area contributed by atoms with Crippen molar-refractivity contribution >= 4 is 51.9 Å². The van der Waals surface area contributed by atoms with E-state index in [-0.39, 0.29) is 24.8 Å². The van der Waals surface area contributed by atoms with Crippen molar-refractivity contribution in [1.82, 2.24) is 4.90 Å². The lowest BCUT2D eigenvalue weighted by molar-refractivity contribution is -0.122. The van der Waals surface area contributed by atoms with Gasteiger partial charge in [-0.2, -0.15) is 0 Å². The molecule has 1 fully saturated rings. The Hall–Kier alpha value is -2.44. The number of hydrogen-bond donors (Lipinski definition) is 1. The second kappa shape index (κ2) is 8.50. The maximum atomic E-state index is 12.7. The zero-order valence-electron chi connectivity index (χ0n) is 15.2. The summed E-state index contributed by atoms with van der Waals surface area (Å²) in [7, 11) is 0. The number of para-hydroxylation sites is 1. The number of carbonyl (C=O) groups excluding carboxylic acids is 2. The van der Waals surface area contributed by atoms with Gasteiger partial charge in [-0.15, -0.1) is 0 Å². The van der Waals surface area contributed by atoms with Crippen LogP contribution in [-0.2, 0) is 9.59 Å². The Morgan fingerprint density at radius 2 is 1.78 bits per heavy atom. The first-order chi connectivity index (χ1) is 13.0. The fourth-order valence-electron chi connectivity index (χ4n) is 2.72. The number of thiocarbonyl (C=S) groups is 1. The molecule has 3 rings (SSSR count). The number of rotatable bonds is 5. The van der Waals surface area contributed by atoms with E-state index in [4.69, 9.17) is 12.2 Å². The molecule has 0 radical (unpaired) electrons. The number of hydrogen-bond acceptors (Lipinski definition) is 4. The van der Waals surface area contributed by atoms with Crippen molar-refractivity contribution in [1.29, 1.82) is 0 Å². The lowest BCUT2D eigenvalue weighted by Crippen LogP contribution is -2.31. The molecule has 2 aromatic rings. The smallest absolute Gasteiger partial charge is 0.266 e.